The molecule has 3 heteroatoms. The van der Waals surface area contributed by atoms with E-state index >= 15 is 0 Å². The molecule has 0 aliphatic rings. The van der Waals surface area contributed by atoms with Crippen molar-refractivity contribution in [2.75, 3.05) is 20.6 Å². The minimum Gasteiger partial charge on any atom is -0.309 e. The van der Waals surface area contributed by atoms with Crippen molar-refractivity contribution in [3.63, 3.8) is 0 Å². The lowest BCUT2D eigenvalue weighted by Gasteiger charge is -2.24. The third-order valence-corrected chi connectivity index (χ3v) is 3.43. The van der Waals surface area contributed by atoms with Gasteiger partial charge >= 0.3 is 0 Å². The fourth-order valence-electron chi connectivity index (χ4n) is 2.02. The zero-order valence-electron chi connectivity index (χ0n) is 11.9. The van der Waals surface area contributed by atoms with Crippen LogP contribution in [0.5, 0.6) is 0 Å². The summed E-state index contributed by atoms with van der Waals surface area (Å²) in [6.07, 6.45) is 2.25. The number of benzene rings is 1. The van der Waals surface area contributed by atoms with E-state index in [1.807, 2.05) is 12.1 Å². The lowest BCUT2D eigenvalue weighted by molar-refractivity contribution is 0.347. The number of nitrogens with one attached hydrogen (secondary N) is 1. The van der Waals surface area contributed by atoms with E-state index in [0.717, 1.165) is 24.4 Å². The van der Waals surface area contributed by atoms with Crippen molar-refractivity contribution in [2.45, 2.75) is 38.8 Å². The summed E-state index contributed by atoms with van der Waals surface area (Å²) < 4.78 is 0. The summed E-state index contributed by atoms with van der Waals surface area (Å²) in [5, 5.41) is 4.49. The van der Waals surface area contributed by atoms with Gasteiger partial charge in [0.05, 0.1) is 0 Å². The molecule has 0 heterocycles. The summed E-state index contributed by atoms with van der Waals surface area (Å²) >= 11 is 5.92. The molecule has 18 heavy (non-hydrogen) atoms. The van der Waals surface area contributed by atoms with Crippen molar-refractivity contribution in [3.05, 3.63) is 34.9 Å². The largest absolute Gasteiger partial charge is 0.309 e. The minimum absolute atomic E-state index is 0.416. The van der Waals surface area contributed by atoms with Crippen LogP contribution < -0.4 is 5.32 Å². The maximum Gasteiger partial charge on any atom is 0.0406 e. The topological polar surface area (TPSA) is 15.3 Å². The second-order valence-electron chi connectivity index (χ2n) is 5.17. The van der Waals surface area contributed by atoms with Crippen LogP contribution in [0.1, 0.15) is 38.3 Å². The molecule has 0 radical (unpaired) electrons. The van der Waals surface area contributed by atoms with Gasteiger partial charge in [0.25, 0.3) is 0 Å². The second kappa shape index (κ2) is 7.78. The van der Waals surface area contributed by atoms with Crippen LogP contribution in [0.2, 0.25) is 5.02 Å². The first-order chi connectivity index (χ1) is 8.52. The Morgan fingerprint density at radius 2 is 1.83 bits per heavy atom. The van der Waals surface area contributed by atoms with E-state index in [1.165, 1.54) is 5.56 Å². The lowest BCUT2D eigenvalue weighted by atomic mass is 10.0. The van der Waals surface area contributed by atoms with Crippen LogP contribution in [0, 0.1) is 0 Å². The quantitative estimate of drug-likeness (QED) is 0.811. The Kier molecular flexibility index (Phi) is 6.69. The highest BCUT2D eigenvalue weighted by Crippen LogP contribution is 2.20. The molecule has 1 aromatic rings. The van der Waals surface area contributed by atoms with E-state index in [4.69, 9.17) is 11.6 Å². The molecule has 0 saturated heterocycles. The average Bonchev–Trinajstić information content (AvgIpc) is 2.34. The van der Waals surface area contributed by atoms with Gasteiger partial charge in [-0.1, -0.05) is 30.7 Å². The maximum atomic E-state index is 5.92. The van der Waals surface area contributed by atoms with Gasteiger partial charge in [-0.2, -0.15) is 0 Å². The van der Waals surface area contributed by atoms with Gasteiger partial charge in [0.15, 0.2) is 0 Å². The van der Waals surface area contributed by atoms with Crippen LogP contribution in [0.3, 0.4) is 0 Å². The molecule has 0 aliphatic carbocycles. The molecule has 2 unspecified atom stereocenters. The normalized spacial score (nSPS) is 14.8. The highest BCUT2D eigenvalue weighted by molar-refractivity contribution is 6.30. The summed E-state index contributed by atoms with van der Waals surface area (Å²) in [4.78, 5) is 2.22. The van der Waals surface area contributed by atoms with Crippen LogP contribution in [0.4, 0.5) is 0 Å². The molecule has 0 amide bonds. The zero-order valence-corrected chi connectivity index (χ0v) is 12.7. The van der Waals surface area contributed by atoms with Gasteiger partial charge in [-0.3, -0.25) is 0 Å². The van der Waals surface area contributed by atoms with Gasteiger partial charge in [-0.05, 0) is 58.1 Å². The zero-order chi connectivity index (χ0) is 13.5. The molecule has 1 aromatic carbocycles. The Morgan fingerprint density at radius 3 is 2.33 bits per heavy atom. The van der Waals surface area contributed by atoms with Gasteiger partial charge in [-0.25, -0.2) is 0 Å². The molecule has 0 saturated carbocycles. The SMILES string of the molecule is CCC(NC(C)CCN(C)C)c1ccc(Cl)cc1. The predicted molar refractivity (Wildman–Crippen MR) is 80.3 cm³/mol. The fourth-order valence-corrected chi connectivity index (χ4v) is 2.15. The summed E-state index contributed by atoms with van der Waals surface area (Å²) in [6, 6.07) is 9.09. The first-order valence-electron chi connectivity index (χ1n) is 6.69. The number of rotatable bonds is 7. The van der Waals surface area contributed by atoms with E-state index in [1.54, 1.807) is 0 Å². The fraction of sp³-hybridized carbons (Fsp3) is 0.600. The van der Waals surface area contributed by atoms with E-state index in [0.29, 0.717) is 12.1 Å². The molecule has 0 aromatic heterocycles. The maximum absolute atomic E-state index is 5.92. The Hall–Kier alpha value is -0.570. The Labute approximate surface area is 116 Å². The molecular formula is C15H25ClN2. The Morgan fingerprint density at radius 1 is 1.22 bits per heavy atom. The monoisotopic (exact) mass is 268 g/mol. The van der Waals surface area contributed by atoms with Crippen molar-refractivity contribution >= 4 is 11.6 Å². The van der Waals surface area contributed by atoms with Crippen molar-refractivity contribution in [3.8, 4) is 0 Å². The minimum atomic E-state index is 0.416. The van der Waals surface area contributed by atoms with Gasteiger partial charge in [0, 0.05) is 17.1 Å². The van der Waals surface area contributed by atoms with Gasteiger partial charge < -0.3 is 10.2 Å². The van der Waals surface area contributed by atoms with Gasteiger partial charge in [0.1, 0.15) is 0 Å². The average molecular weight is 269 g/mol. The number of hydrogen-bond donors (Lipinski definition) is 1. The molecule has 2 atom stereocenters. The highest BCUT2D eigenvalue weighted by Gasteiger charge is 2.12. The summed E-state index contributed by atoms with van der Waals surface area (Å²) in [5.41, 5.74) is 1.32. The second-order valence-corrected chi connectivity index (χ2v) is 5.61. The summed E-state index contributed by atoms with van der Waals surface area (Å²) in [7, 11) is 4.23. The Bertz CT molecular complexity index is 335. The third-order valence-electron chi connectivity index (χ3n) is 3.18. The van der Waals surface area contributed by atoms with Crippen LogP contribution >= 0.6 is 11.6 Å². The van der Waals surface area contributed by atoms with Gasteiger partial charge in [0.2, 0.25) is 0 Å². The molecule has 0 fully saturated rings. The molecule has 1 N–H and O–H groups in total. The predicted octanol–water partition coefficient (Wildman–Crippen LogP) is 3.72. The smallest absolute Gasteiger partial charge is 0.0406 e. The standard InChI is InChI=1S/C15H25ClN2/c1-5-15(13-6-8-14(16)9-7-13)17-12(2)10-11-18(3)4/h6-9,12,15,17H,5,10-11H2,1-4H3. The third kappa shape index (κ3) is 5.38. The lowest BCUT2D eigenvalue weighted by Crippen LogP contribution is -2.32. The first-order valence-corrected chi connectivity index (χ1v) is 7.07. The van der Waals surface area contributed by atoms with Crippen LogP contribution in [-0.2, 0) is 0 Å². The molecule has 2 nitrogen and oxygen atoms in total. The first kappa shape index (κ1) is 15.5. The van der Waals surface area contributed by atoms with Crippen LogP contribution in [-0.4, -0.2) is 31.6 Å². The van der Waals surface area contributed by atoms with Crippen LogP contribution in [0.15, 0.2) is 24.3 Å². The molecule has 1 rings (SSSR count). The molecule has 0 bridgehead atoms. The van der Waals surface area contributed by atoms with Crippen LogP contribution in [0.25, 0.3) is 0 Å². The van der Waals surface area contributed by atoms with Crippen molar-refractivity contribution in [2.24, 2.45) is 0 Å². The highest BCUT2D eigenvalue weighted by atomic mass is 35.5. The van der Waals surface area contributed by atoms with Gasteiger partial charge in [-0.15, -0.1) is 0 Å². The van der Waals surface area contributed by atoms with E-state index in [2.05, 4.69) is 50.3 Å². The molecular weight excluding hydrogens is 244 g/mol. The summed E-state index contributed by atoms with van der Waals surface area (Å²) in [5.74, 6) is 0. The number of hydrogen-bond acceptors (Lipinski definition) is 2. The number of halogens is 1. The van der Waals surface area contributed by atoms with E-state index in [-0.39, 0.29) is 0 Å². The Balaban J connectivity index is 2.53. The van der Waals surface area contributed by atoms with Crippen molar-refractivity contribution in [1.82, 2.24) is 10.2 Å². The van der Waals surface area contributed by atoms with Crippen molar-refractivity contribution < 1.29 is 0 Å². The molecule has 0 aliphatic heterocycles. The number of nitrogens with zero attached hydrogens (tertiary/aromatic N) is 1. The van der Waals surface area contributed by atoms with E-state index < -0.39 is 0 Å². The van der Waals surface area contributed by atoms with E-state index in [9.17, 15) is 0 Å². The molecule has 0 spiro atoms. The van der Waals surface area contributed by atoms with Crippen molar-refractivity contribution in [1.29, 1.82) is 0 Å². The summed E-state index contributed by atoms with van der Waals surface area (Å²) in [6.45, 7) is 5.58. The molecule has 102 valence electrons.